The summed E-state index contributed by atoms with van der Waals surface area (Å²) in [5, 5.41) is 24.0. The topological polar surface area (TPSA) is 96.7 Å². The van der Waals surface area contributed by atoms with Crippen LogP contribution in [0.4, 0.5) is 13.2 Å². The number of aromatic amines is 1. The van der Waals surface area contributed by atoms with Gasteiger partial charge in [0, 0.05) is 30.1 Å². The van der Waals surface area contributed by atoms with Crippen molar-refractivity contribution in [1.82, 2.24) is 25.2 Å². The quantitative estimate of drug-likeness (QED) is 0.465. The van der Waals surface area contributed by atoms with Crippen LogP contribution < -0.4 is 0 Å². The van der Waals surface area contributed by atoms with Crippen LogP contribution in [0.5, 0.6) is 0 Å². The number of nitrogens with one attached hydrogen (secondary N) is 1. The van der Waals surface area contributed by atoms with E-state index in [4.69, 9.17) is 0 Å². The third kappa shape index (κ3) is 4.57. The fourth-order valence-electron chi connectivity index (χ4n) is 3.54. The number of rotatable bonds is 7. The zero-order chi connectivity index (χ0) is 22.0. The summed E-state index contributed by atoms with van der Waals surface area (Å²) in [5.74, 6) is -0.453. The summed E-state index contributed by atoms with van der Waals surface area (Å²) < 4.78 is 40.3. The van der Waals surface area contributed by atoms with E-state index in [1.54, 1.807) is 18.2 Å². The zero-order valence-electron chi connectivity index (χ0n) is 16.2. The molecule has 4 rings (SSSR count). The van der Waals surface area contributed by atoms with Crippen molar-refractivity contribution in [2.45, 2.75) is 32.0 Å². The van der Waals surface area contributed by atoms with Crippen molar-refractivity contribution in [3.05, 3.63) is 76.7 Å². The van der Waals surface area contributed by atoms with Gasteiger partial charge in [-0.3, -0.25) is 0 Å². The van der Waals surface area contributed by atoms with E-state index in [1.807, 2.05) is 10.8 Å². The molecule has 31 heavy (non-hydrogen) atoms. The normalized spacial score (nSPS) is 11.8. The number of hydrogen-bond donors (Lipinski definition) is 2. The molecule has 0 saturated carbocycles. The summed E-state index contributed by atoms with van der Waals surface area (Å²) >= 11 is 0. The molecule has 0 fully saturated rings. The van der Waals surface area contributed by atoms with Crippen LogP contribution in [-0.2, 0) is 32.0 Å². The van der Waals surface area contributed by atoms with Gasteiger partial charge in [0.25, 0.3) is 0 Å². The molecule has 2 aromatic heterocycles. The highest BCUT2D eigenvalue weighted by atomic mass is 19.4. The summed E-state index contributed by atoms with van der Waals surface area (Å²) in [5.41, 5.74) is 2.07. The van der Waals surface area contributed by atoms with Crippen LogP contribution in [0.15, 0.2) is 48.7 Å². The number of halogens is 3. The van der Waals surface area contributed by atoms with Crippen molar-refractivity contribution < 1.29 is 23.1 Å². The molecule has 0 radical (unpaired) electrons. The van der Waals surface area contributed by atoms with Crippen molar-refractivity contribution in [2.24, 2.45) is 0 Å². The lowest BCUT2D eigenvalue weighted by Crippen LogP contribution is -2.04. The molecule has 0 amide bonds. The number of nitrogens with zero attached hydrogens (tertiary/aromatic N) is 4. The van der Waals surface area contributed by atoms with Crippen molar-refractivity contribution in [2.75, 3.05) is 0 Å². The van der Waals surface area contributed by atoms with Crippen molar-refractivity contribution in [3.8, 4) is 0 Å². The molecule has 2 N–H and O–H groups in total. The number of aromatic carboxylic acids is 1. The Morgan fingerprint density at radius 3 is 2.48 bits per heavy atom. The third-order valence-corrected chi connectivity index (χ3v) is 5.14. The van der Waals surface area contributed by atoms with Crippen LogP contribution in [-0.4, -0.2) is 36.3 Å². The Bertz CT molecular complexity index is 1200. The Labute approximate surface area is 174 Å². The second kappa shape index (κ2) is 8.21. The minimum absolute atomic E-state index is 0.180. The van der Waals surface area contributed by atoms with E-state index in [-0.39, 0.29) is 5.56 Å². The minimum Gasteiger partial charge on any atom is -0.478 e. The van der Waals surface area contributed by atoms with Gasteiger partial charge < -0.3 is 9.67 Å². The maximum Gasteiger partial charge on any atom is 0.416 e. The molecule has 2 heterocycles. The lowest BCUT2D eigenvalue weighted by molar-refractivity contribution is -0.137. The fourth-order valence-corrected chi connectivity index (χ4v) is 3.54. The molecular formula is C21H18F3N5O2. The maximum atomic E-state index is 12.8. The van der Waals surface area contributed by atoms with E-state index >= 15 is 0 Å². The number of carbonyl (C=O) groups is 1. The minimum atomic E-state index is -4.36. The first kappa shape index (κ1) is 20.6. The molecule has 0 aliphatic heterocycles. The highest BCUT2D eigenvalue weighted by molar-refractivity contribution is 5.95. The predicted molar refractivity (Wildman–Crippen MR) is 106 cm³/mol. The average molecular weight is 429 g/mol. The second-order valence-electron chi connectivity index (χ2n) is 7.16. The smallest absolute Gasteiger partial charge is 0.416 e. The number of H-pyrrole nitrogens is 1. The molecule has 2 aromatic carbocycles. The van der Waals surface area contributed by atoms with Crippen LogP contribution in [0.1, 0.15) is 32.9 Å². The zero-order valence-corrected chi connectivity index (χ0v) is 16.2. The van der Waals surface area contributed by atoms with Gasteiger partial charge >= 0.3 is 12.1 Å². The number of carboxylic acid groups (broad SMARTS) is 1. The van der Waals surface area contributed by atoms with Crippen LogP contribution in [0.25, 0.3) is 10.9 Å². The van der Waals surface area contributed by atoms with Crippen molar-refractivity contribution >= 4 is 16.9 Å². The molecule has 160 valence electrons. The number of aryl methyl sites for hydroxylation is 4. The first-order valence-corrected chi connectivity index (χ1v) is 9.55. The van der Waals surface area contributed by atoms with Gasteiger partial charge in [-0.15, -0.1) is 10.2 Å². The highest BCUT2D eigenvalue weighted by Crippen LogP contribution is 2.30. The SMILES string of the molecule is O=C(O)c1ccc2c(c1)c(CCc1ccc(C(F)(F)F)cc1)cn2CCc1nn[nH]n1. The monoisotopic (exact) mass is 429 g/mol. The number of fused-ring (bicyclic) bond motifs is 1. The Morgan fingerprint density at radius 2 is 1.84 bits per heavy atom. The molecular weight excluding hydrogens is 411 g/mol. The molecule has 0 atom stereocenters. The van der Waals surface area contributed by atoms with Gasteiger partial charge in [0.1, 0.15) is 0 Å². The molecule has 7 nitrogen and oxygen atoms in total. The summed E-state index contributed by atoms with van der Waals surface area (Å²) in [7, 11) is 0. The Morgan fingerprint density at radius 1 is 1.06 bits per heavy atom. The van der Waals surface area contributed by atoms with Crippen molar-refractivity contribution in [1.29, 1.82) is 0 Å². The first-order chi connectivity index (χ1) is 14.8. The number of carboxylic acids is 1. The predicted octanol–water partition coefficient (Wildman–Crippen LogP) is 3.90. The molecule has 10 heteroatoms. The number of tetrazole rings is 1. The van der Waals surface area contributed by atoms with Crippen LogP contribution in [0, 0.1) is 0 Å². The second-order valence-corrected chi connectivity index (χ2v) is 7.16. The average Bonchev–Trinajstić information content (AvgIpc) is 3.38. The van der Waals surface area contributed by atoms with Crippen LogP contribution >= 0.6 is 0 Å². The van der Waals surface area contributed by atoms with Crippen LogP contribution in [0.3, 0.4) is 0 Å². The van der Waals surface area contributed by atoms with Crippen LogP contribution in [0.2, 0.25) is 0 Å². The van der Waals surface area contributed by atoms with Gasteiger partial charge in [0.05, 0.1) is 11.1 Å². The molecule has 0 unspecified atom stereocenters. The molecule has 0 bridgehead atoms. The van der Waals surface area contributed by atoms with Gasteiger partial charge in [-0.05, 0) is 54.3 Å². The molecule has 0 saturated heterocycles. The molecule has 4 aromatic rings. The summed E-state index contributed by atoms with van der Waals surface area (Å²) in [6, 6.07) is 10.0. The van der Waals surface area contributed by atoms with Gasteiger partial charge in [0.2, 0.25) is 0 Å². The summed E-state index contributed by atoms with van der Waals surface area (Å²) in [4.78, 5) is 11.4. The maximum absolute atomic E-state index is 12.8. The van der Waals surface area contributed by atoms with E-state index in [0.717, 1.165) is 34.2 Å². The van der Waals surface area contributed by atoms with E-state index < -0.39 is 17.7 Å². The third-order valence-electron chi connectivity index (χ3n) is 5.14. The van der Waals surface area contributed by atoms with Crippen molar-refractivity contribution in [3.63, 3.8) is 0 Å². The number of aromatic nitrogens is 5. The van der Waals surface area contributed by atoms with E-state index in [0.29, 0.717) is 31.6 Å². The lowest BCUT2D eigenvalue weighted by atomic mass is 10.0. The fraction of sp³-hybridized carbons (Fsp3) is 0.238. The van der Waals surface area contributed by atoms with E-state index in [9.17, 15) is 23.1 Å². The van der Waals surface area contributed by atoms with Gasteiger partial charge in [-0.2, -0.15) is 18.4 Å². The Kier molecular flexibility index (Phi) is 5.45. The van der Waals surface area contributed by atoms with E-state index in [2.05, 4.69) is 20.6 Å². The first-order valence-electron chi connectivity index (χ1n) is 9.55. The van der Waals surface area contributed by atoms with Gasteiger partial charge in [0.15, 0.2) is 5.82 Å². The Hall–Kier alpha value is -3.69. The highest BCUT2D eigenvalue weighted by Gasteiger charge is 2.29. The number of hydrogen-bond acceptors (Lipinski definition) is 4. The number of benzene rings is 2. The molecule has 0 spiro atoms. The largest absolute Gasteiger partial charge is 0.478 e. The number of alkyl halides is 3. The summed E-state index contributed by atoms with van der Waals surface area (Å²) in [6.45, 7) is 0.572. The molecule has 0 aliphatic rings. The lowest BCUT2D eigenvalue weighted by Gasteiger charge is -2.07. The summed E-state index contributed by atoms with van der Waals surface area (Å²) in [6.07, 6.45) is -0.794. The van der Waals surface area contributed by atoms with Gasteiger partial charge in [-0.25, -0.2) is 4.79 Å². The standard InChI is InChI=1S/C21H18F3N5O2/c22-21(23,24)16-6-2-13(3-7-16)1-4-15-12-29(10-9-19-25-27-28-26-19)18-8-5-14(20(30)31)11-17(15)18/h2-3,5-8,11-12H,1,4,9-10H2,(H,30,31)(H,25,26,27,28). The van der Waals surface area contributed by atoms with E-state index in [1.165, 1.54) is 12.1 Å². The Balaban J connectivity index is 1.59. The molecule has 0 aliphatic carbocycles. The van der Waals surface area contributed by atoms with Gasteiger partial charge in [-0.1, -0.05) is 17.3 Å².